The van der Waals surface area contributed by atoms with Crippen molar-refractivity contribution < 1.29 is 9.53 Å². The van der Waals surface area contributed by atoms with Crippen LogP contribution in [0.1, 0.15) is 32.1 Å². The van der Waals surface area contributed by atoms with Crippen LogP contribution in [0.2, 0.25) is 0 Å². The minimum absolute atomic E-state index is 0.109. The molecule has 0 atom stereocenters. The molecule has 0 unspecified atom stereocenters. The van der Waals surface area contributed by atoms with Crippen molar-refractivity contribution in [1.82, 2.24) is 10.6 Å². The second-order valence-electron chi connectivity index (χ2n) is 4.07. The van der Waals surface area contributed by atoms with E-state index in [-0.39, 0.29) is 5.91 Å². The van der Waals surface area contributed by atoms with E-state index in [9.17, 15) is 4.79 Å². The number of rotatable bonds is 6. The van der Waals surface area contributed by atoms with Gasteiger partial charge in [0.1, 0.15) is 0 Å². The van der Waals surface area contributed by atoms with Gasteiger partial charge in [-0.2, -0.15) is 0 Å². The molecule has 0 aliphatic heterocycles. The molecule has 1 aliphatic rings. The standard InChI is InChI=1S/C11H22N2O2/c1-15-8-7-12-9-11(14)13-10-5-3-2-4-6-10/h10,12H,2-9H2,1H3,(H,13,14). The number of nitrogens with one attached hydrogen (secondary N) is 2. The van der Waals surface area contributed by atoms with Gasteiger partial charge in [-0.1, -0.05) is 19.3 Å². The Kier molecular flexibility index (Phi) is 6.36. The van der Waals surface area contributed by atoms with Gasteiger partial charge in [-0.15, -0.1) is 0 Å². The molecule has 0 aromatic carbocycles. The Bertz CT molecular complexity index is 179. The van der Waals surface area contributed by atoms with Crippen molar-refractivity contribution >= 4 is 5.91 Å². The summed E-state index contributed by atoms with van der Waals surface area (Å²) in [5, 5.41) is 6.09. The highest BCUT2D eigenvalue weighted by molar-refractivity contribution is 5.78. The lowest BCUT2D eigenvalue weighted by Gasteiger charge is -2.22. The number of hydrogen-bond donors (Lipinski definition) is 2. The molecular weight excluding hydrogens is 192 g/mol. The first-order chi connectivity index (χ1) is 7.33. The van der Waals surface area contributed by atoms with Gasteiger partial charge in [-0.3, -0.25) is 4.79 Å². The summed E-state index contributed by atoms with van der Waals surface area (Å²) in [5.74, 6) is 0.109. The largest absolute Gasteiger partial charge is 0.383 e. The van der Waals surface area contributed by atoms with Gasteiger partial charge < -0.3 is 15.4 Å². The van der Waals surface area contributed by atoms with E-state index in [0.717, 1.165) is 19.4 Å². The van der Waals surface area contributed by atoms with E-state index in [0.29, 0.717) is 19.2 Å². The molecule has 4 heteroatoms. The number of ether oxygens (including phenoxy) is 1. The normalized spacial score (nSPS) is 17.7. The smallest absolute Gasteiger partial charge is 0.234 e. The third-order valence-electron chi connectivity index (χ3n) is 2.74. The van der Waals surface area contributed by atoms with Gasteiger partial charge in [0.2, 0.25) is 5.91 Å². The van der Waals surface area contributed by atoms with E-state index in [2.05, 4.69) is 10.6 Å². The van der Waals surface area contributed by atoms with E-state index in [4.69, 9.17) is 4.74 Å². The van der Waals surface area contributed by atoms with E-state index in [1.165, 1.54) is 19.3 Å². The molecule has 4 nitrogen and oxygen atoms in total. The average Bonchev–Trinajstić information content (AvgIpc) is 2.26. The zero-order chi connectivity index (χ0) is 10.9. The Morgan fingerprint density at radius 3 is 2.73 bits per heavy atom. The fourth-order valence-corrected chi connectivity index (χ4v) is 1.90. The Labute approximate surface area is 91.8 Å². The van der Waals surface area contributed by atoms with Crippen molar-refractivity contribution in [3.8, 4) is 0 Å². The number of amides is 1. The maximum absolute atomic E-state index is 11.5. The summed E-state index contributed by atoms with van der Waals surface area (Å²) < 4.78 is 4.88. The summed E-state index contributed by atoms with van der Waals surface area (Å²) in [5.41, 5.74) is 0. The van der Waals surface area contributed by atoms with Crippen molar-refractivity contribution in [2.75, 3.05) is 26.8 Å². The maximum Gasteiger partial charge on any atom is 0.234 e. The highest BCUT2D eigenvalue weighted by Crippen LogP contribution is 2.16. The molecule has 0 saturated heterocycles. The lowest BCUT2D eigenvalue weighted by molar-refractivity contribution is -0.121. The molecule has 1 amide bonds. The quantitative estimate of drug-likeness (QED) is 0.639. The highest BCUT2D eigenvalue weighted by Gasteiger charge is 2.14. The monoisotopic (exact) mass is 214 g/mol. The zero-order valence-corrected chi connectivity index (χ0v) is 9.55. The third kappa shape index (κ3) is 5.74. The van der Waals surface area contributed by atoms with E-state index in [1.807, 2.05) is 0 Å². The molecule has 15 heavy (non-hydrogen) atoms. The van der Waals surface area contributed by atoms with Crippen LogP contribution in [0, 0.1) is 0 Å². The molecule has 1 rings (SSSR count). The maximum atomic E-state index is 11.5. The van der Waals surface area contributed by atoms with Crippen LogP contribution in [0.3, 0.4) is 0 Å². The molecule has 0 aromatic rings. The second-order valence-corrected chi connectivity index (χ2v) is 4.07. The minimum Gasteiger partial charge on any atom is -0.383 e. The first kappa shape index (κ1) is 12.5. The fourth-order valence-electron chi connectivity index (χ4n) is 1.90. The van der Waals surface area contributed by atoms with Crippen molar-refractivity contribution in [3.05, 3.63) is 0 Å². The predicted octanol–water partition coefficient (Wildman–Crippen LogP) is 0.671. The number of carbonyl (C=O) groups excluding carboxylic acids is 1. The molecule has 0 spiro atoms. The van der Waals surface area contributed by atoms with Crippen LogP contribution in [0.25, 0.3) is 0 Å². The Morgan fingerprint density at radius 1 is 1.33 bits per heavy atom. The Balaban J connectivity index is 2.01. The van der Waals surface area contributed by atoms with Gasteiger partial charge in [-0.05, 0) is 12.8 Å². The van der Waals surface area contributed by atoms with Crippen LogP contribution in [0.4, 0.5) is 0 Å². The lowest BCUT2D eigenvalue weighted by Crippen LogP contribution is -2.41. The molecule has 2 N–H and O–H groups in total. The Morgan fingerprint density at radius 2 is 2.07 bits per heavy atom. The summed E-state index contributed by atoms with van der Waals surface area (Å²) in [6.45, 7) is 1.78. The van der Waals surface area contributed by atoms with Crippen LogP contribution < -0.4 is 10.6 Å². The molecule has 0 aromatic heterocycles. The number of carbonyl (C=O) groups is 1. The molecule has 0 bridgehead atoms. The molecule has 0 heterocycles. The van der Waals surface area contributed by atoms with Crippen LogP contribution in [-0.2, 0) is 9.53 Å². The van der Waals surface area contributed by atoms with Gasteiger partial charge in [0, 0.05) is 19.7 Å². The predicted molar refractivity (Wildman–Crippen MR) is 59.8 cm³/mol. The highest BCUT2D eigenvalue weighted by atomic mass is 16.5. The topological polar surface area (TPSA) is 50.4 Å². The van der Waals surface area contributed by atoms with E-state index in [1.54, 1.807) is 7.11 Å². The van der Waals surface area contributed by atoms with Gasteiger partial charge in [0.15, 0.2) is 0 Å². The summed E-state index contributed by atoms with van der Waals surface area (Å²) in [4.78, 5) is 11.5. The lowest BCUT2D eigenvalue weighted by atomic mass is 9.95. The minimum atomic E-state index is 0.109. The second kappa shape index (κ2) is 7.65. The van der Waals surface area contributed by atoms with Crippen molar-refractivity contribution in [2.24, 2.45) is 0 Å². The molecule has 88 valence electrons. The van der Waals surface area contributed by atoms with Crippen LogP contribution in [0.15, 0.2) is 0 Å². The van der Waals surface area contributed by atoms with Gasteiger partial charge in [-0.25, -0.2) is 0 Å². The van der Waals surface area contributed by atoms with Crippen molar-refractivity contribution in [2.45, 2.75) is 38.1 Å². The molecule has 0 radical (unpaired) electrons. The average molecular weight is 214 g/mol. The molecular formula is C11H22N2O2. The van der Waals surface area contributed by atoms with Crippen LogP contribution in [-0.4, -0.2) is 38.8 Å². The first-order valence-electron chi connectivity index (χ1n) is 5.82. The number of hydrogen-bond acceptors (Lipinski definition) is 3. The first-order valence-corrected chi connectivity index (χ1v) is 5.82. The molecule has 1 fully saturated rings. The SMILES string of the molecule is COCCNCC(=O)NC1CCCCC1. The molecule has 1 aliphatic carbocycles. The zero-order valence-electron chi connectivity index (χ0n) is 9.55. The Hall–Kier alpha value is -0.610. The van der Waals surface area contributed by atoms with Crippen molar-refractivity contribution in [1.29, 1.82) is 0 Å². The van der Waals surface area contributed by atoms with Crippen LogP contribution in [0.5, 0.6) is 0 Å². The summed E-state index contributed by atoms with van der Waals surface area (Å²) >= 11 is 0. The summed E-state index contributed by atoms with van der Waals surface area (Å²) in [6.07, 6.45) is 6.11. The van der Waals surface area contributed by atoms with E-state index < -0.39 is 0 Å². The molecule has 1 saturated carbocycles. The van der Waals surface area contributed by atoms with Crippen molar-refractivity contribution in [3.63, 3.8) is 0 Å². The van der Waals surface area contributed by atoms with Gasteiger partial charge in [0.25, 0.3) is 0 Å². The van der Waals surface area contributed by atoms with Gasteiger partial charge >= 0.3 is 0 Å². The third-order valence-corrected chi connectivity index (χ3v) is 2.74. The van der Waals surface area contributed by atoms with Gasteiger partial charge in [0.05, 0.1) is 13.2 Å². The summed E-state index contributed by atoms with van der Waals surface area (Å²) in [7, 11) is 1.66. The number of methoxy groups -OCH3 is 1. The summed E-state index contributed by atoms with van der Waals surface area (Å²) in [6, 6.07) is 0.412. The van der Waals surface area contributed by atoms with E-state index >= 15 is 0 Å². The fraction of sp³-hybridized carbons (Fsp3) is 0.909. The van der Waals surface area contributed by atoms with Crippen LogP contribution >= 0.6 is 0 Å².